The van der Waals surface area contributed by atoms with Crippen LogP contribution in [0.1, 0.15) is 39.0 Å². The summed E-state index contributed by atoms with van der Waals surface area (Å²) in [6, 6.07) is 28.4. The number of nitrogens with one attached hydrogen (secondary N) is 5. The average Bonchev–Trinajstić information content (AvgIpc) is 1.68. The molecule has 5 aliphatic rings. The molecule has 0 unspecified atom stereocenters. The van der Waals surface area contributed by atoms with E-state index in [0.29, 0.717) is 138 Å². The predicted molar refractivity (Wildman–Crippen MR) is 485 cm³/mol. The van der Waals surface area contributed by atoms with Crippen LogP contribution in [0.25, 0.3) is 27.6 Å². The van der Waals surface area contributed by atoms with Crippen molar-refractivity contribution >= 4 is 154 Å². The Morgan fingerprint density at radius 1 is 0.376 bits per heavy atom. The molecule has 0 atom stereocenters. The number of aliphatic imine (C=N–C) groups is 5. The van der Waals surface area contributed by atoms with Crippen LogP contribution < -0.4 is 55.3 Å². The highest BCUT2D eigenvalue weighted by atomic mass is 35.5. The number of rotatable bonds is 27. The number of aryl methyl sites for hydroxylation is 2. The third-order valence-corrected chi connectivity index (χ3v) is 19.3. The first-order chi connectivity index (χ1) is 60.8. The third-order valence-electron chi connectivity index (χ3n) is 19.0. The first-order valence-electron chi connectivity index (χ1n) is 39.8. The van der Waals surface area contributed by atoms with E-state index in [4.69, 9.17) is 40.3 Å². The molecule has 12 heterocycles. The van der Waals surface area contributed by atoms with E-state index in [9.17, 15) is 39.3 Å². The van der Waals surface area contributed by atoms with Gasteiger partial charge >= 0.3 is 0 Å². The fourth-order valence-electron chi connectivity index (χ4n) is 12.6. The van der Waals surface area contributed by atoms with Crippen molar-refractivity contribution in [3.63, 3.8) is 0 Å². The highest BCUT2D eigenvalue weighted by Gasteiger charge is 2.25. The van der Waals surface area contributed by atoms with Gasteiger partial charge in [-0.15, -0.1) is 25.5 Å². The molecule has 0 aromatic carbocycles. The second-order valence-corrected chi connectivity index (χ2v) is 28.4. The SMILES string of the molecule is CC1=C(O)C(=Nc2c(NCCCN)nn3ccccc23)C=CC1=O.NC1=CC(=O)C=CC1=Nc1c(NCCCn2ccnc2)nn2ccccc12.NCCCNc1nn2ccccc2c1N=C1C=C(Cl)C(O)=CC1=O.NCCCNc1nn2ccccc2c1N=C1C=CC(N)=CC1=O.O=C1C=CC(=Nc2c(NCCCn3ccnc3)nn3ccccc23)C(O)=C1. The van der Waals surface area contributed by atoms with Gasteiger partial charge in [-0.1, -0.05) is 41.9 Å². The third kappa shape index (κ3) is 22.2. The number of aliphatic hydroxyl groups is 3. The maximum absolute atomic E-state index is 12.0. The van der Waals surface area contributed by atoms with Crippen molar-refractivity contribution in [2.24, 2.45) is 53.6 Å². The summed E-state index contributed by atoms with van der Waals surface area (Å²) in [7, 11) is 0. The first-order valence-corrected chi connectivity index (χ1v) is 40.2. The Bertz CT molecular complexity index is 6330. The minimum absolute atomic E-state index is 0.0717. The lowest BCUT2D eigenvalue weighted by Crippen LogP contribution is -2.15. The Labute approximate surface area is 719 Å². The highest BCUT2D eigenvalue weighted by Crippen LogP contribution is 2.36. The first kappa shape index (κ1) is 87.0. The minimum Gasteiger partial charge on any atom is -0.506 e. The Morgan fingerprint density at radius 2 is 0.736 bits per heavy atom. The van der Waals surface area contributed by atoms with Crippen LogP contribution in [0.5, 0.6) is 0 Å². The van der Waals surface area contributed by atoms with Crippen molar-refractivity contribution in [3.05, 3.63) is 278 Å². The number of allylic oxidation sites excluding steroid dienone is 15. The molecular weight excluding hydrogens is 1610 g/mol. The van der Waals surface area contributed by atoms with Gasteiger partial charge in [0.1, 0.15) is 68.6 Å². The summed E-state index contributed by atoms with van der Waals surface area (Å²) in [6.07, 6.45) is 42.8. The minimum atomic E-state index is -0.417. The summed E-state index contributed by atoms with van der Waals surface area (Å²) in [4.78, 5) is 89.3. The molecule has 12 aromatic heterocycles. The molecule has 37 nitrogen and oxygen atoms in total. The number of anilines is 5. The van der Waals surface area contributed by atoms with Gasteiger partial charge in [0.2, 0.25) is 11.6 Å². The number of hydrogen-bond acceptors (Lipinski definition) is 30. The lowest BCUT2D eigenvalue weighted by atomic mass is 10.0. The van der Waals surface area contributed by atoms with Gasteiger partial charge in [-0.3, -0.25) is 24.0 Å². The van der Waals surface area contributed by atoms with E-state index in [-0.39, 0.29) is 56.7 Å². The number of hydrogen-bond donors (Lipinski definition) is 13. The quantitative estimate of drug-likeness (QED) is 0.0129. The van der Waals surface area contributed by atoms with Gasteiger partial charge in [0.05, 0.1) is 56.7 Å². The summed E-state index contributed by atoms with van der Waals surface area (Å²) in [5, 5.41) is 68.6. The Balaban J connectivity index is 0.000000134. The second kappa shape index (κ2) is 41.9. The van der Waals surface area contributed by atoms with Crippen LogP contribution in [0, 0.1) is 0 Å². The van der Waals surface area contributed by atoms with Crippen molar-refractivity contribution in [1.29, 1.82) is 0 Å². The number of aliphatic hydroxyl groups excluding tert-OH is 3. The van der Waals surface area contributed by atoms with Crippen molar-refractivity contribution in [2.75, 3.05) is 78.9 Å². The number of carbonyl (C=O) groups excluding carboxylic acids is 5. The van der Waals surface area contributed by atoms with E-state index < -0.39 is 5.78 Å². The summed E-state index contributed by atoms with van der Waals surface area (Å²) >= 11 is 5.89. The summed E-state index contributed by atoms with van der Waals surface area (Å²) in [5.41, 5.74) is 38.0. The van der Waals surface area contributed by atoms with Crippen molar-refractivity contribution in [3.8, 4) is 0 Å². The van der Waals surface area contributed by atoms with Crippen LogP contribution >= 0.6 is 11.6 Å². The van der Waals surface area contributed by atoms with E-state index in [1.54, 1.807) is 79.0 Å². The molecule has 5 aliphatic carbocycles. The van der Waals surface area contributed by atoms with Gasteiger partial charge in [-0.05, 0) is 174 Å². The van der Waals surface area contributed by atoms with Gasteiger partial charge < -0.3 is 79.7 Å². The van der Waals surface area contributed by atoms with Crippen molar-refractivity contribution in [2.45, 2.75) is 52.1 Å². The number of nitrogens with zero attached hydrogens (tertiary/aromatic N) is 19. The topological polar surface area (TPSA) is 520 Å². The maximum atomic E-state index is 12.0. The zero-order valence-corrected chi connectivity index (χ0v) is 68.5. The van der Waals surface area contributed by atoms with E-state index in [2.05, 4.69) is 87.0 Å². The van der Waals surface area contributed by atoms with Crippen LogP contribution in [0.3, 0.4) is 0 Å². The lowest BCUT2D eigenvalue weighted by molar-refractivity contribution is -0.112. The zero-order chi connectivity index (χ0) is 87.7. The van der Waals surface area contributed by atoms with Gasteiger partial charge in [0.25, 0.3) is 0 Å². The number of imidazole rings is 2. The van der Waals surface area contributed by atoms with Gasteiger partial charge in [-0.2, -0.15) is 0 Å². The second-order valence-electron chi connectivity index (χ2n) is 28.0. The number of fused-ring (bicyclic) bond motifs is 5. The van der Waals surface area contributed by atoms with Crippen molar-refractivity contribution in [1.82, 2.24) is 67.2 Å². The van der Waals surface area contributed by atoms with Crippen LogP contribution in [0.4, 0.5) is 57.5 Å². The molecule has 0 saturated heterocycles. The zero-order valence-electron chi connectivity index (χ0n) is 67.8. The lowest BCUT2D eigenvalue weighted by Gasteiger charge is -2.09. The van der Waals surface area contributed by atoms with E-state index >= 15 is 0 Å². The standard InChI is InChI=1S/C19H19N7O.C19H18N6O2.C17H19N5O2.C16H16ClN5O2.C16H18N6O/c20-15-12-14(27)5-6-16(15)23-18-17-4-1-2-10-26(17)24-19(18)22-7-3-9-25-11-8-21-13-25;26-14-5-6-15(17(27)12-14)22-18-16-4-1-2-10-25(16)23-19(18)21-7-3-9-24-11-8-20-13-24;1-11-14(23)7-6-12(16(11)24)20-15-13-5-2-3-10-22(13)21-17(15)19-9-4-8-18;17-10-8-11(14(24)9-13(10)23)20-15-12-4-1-2-7-22(12)21-16(15)19-6-3-5-18;17-7-3-8-19-16-15(13-4-1-2-9-22(13)21-16)20-12-6-5-11(18)10-14(12)23/h1-2,4-6,8,10-13H,3,7,9,20H2,(H,22,24);1-2,4-6,8,10-13,27H,3,7,9H2,(H,21,23);2-3,5-7,10,24H,4,8-9,18H2,1H3,(H,19,21);1-2,4,7-9,23H,3,5-6,18H2,(H,19,21);1-2,4-6,9-10H,3,7-8,17-18H2,(H,19,21). The van der Waals surface area contributed by atoms with Crippen LogP contribution in [-0.2, 0) is 37.1 Å². The van der Waals surface area contributed by atoms with E-state index in [1.807, 2.05) is 137 Å². The number of carbonyl (C=O) groups is 5. The van der Waals surface area contributed by atoms with Gasteiger partial charge in [-0.25, -0.2) is 57.5 Å². The molecule has 0 spiro atoms. The largest absolute Gasteiger partial charge is 0.506 e. The molecule has 17 rings (SSSR count). The molecule has 125 heavy (non-hydrogen) atoms. The van der Waals surface area contributed by atoms with Crippen molar-refractivity contribution < 1.29 is 39.3 Å². The average molecular weight is 1710 g/mol. The molecule has 12 aromatic rings. The molecule has 0 radical (unpaired) electrons. The number of aromatic nitrogens is 14. The fraction of sp³-hybridized carbons (Fsp3) is 0.184. The molecule has 0 amide bonds. The molecule has 0 fully saturated rings. The highest BCUT2D eigenvalue weighted by molar-refractivity contribution is 6.52. The molecule has 638 valence electrons. The Hall–Kier alpha value is -15.9. The van der Waals surface area contributed by atoms with Gasteiger partial charge in [0.15, 0.2) is 46.4 Å². The normalized spacial score (nSPS) is 16.0. The number of pyridine rings is 5. The van der Waals surface area contributed by atoms with E-state index in [1.165, 1.54) is 48.6 Å². The molecular formula is C87H90ClN29O8. The smallest absolute Gasteiger partial charge is 0.207 e. The fourth-order valence-corrected chi connectivity index (χ4v) is 12.8. The number of halogens is 1. The molecule has 38 heteroatoms. The molecule has 0 bridgehead atoms. The van der Waals surface area contributed by atoms with Gasteiger partial charge in [0, 0.05) is 137 Å². The summed E-state index contributed by atoms with van der Waals surface area (Å²) in [6.45, 7) is 8.47. The summed E-state index contributed by atoms with van der Waals surface area (Å²) in [5.74, 6) is 1.33. The molecule has 18 N–H and O–H groups in total. The van der Waals surface area contributed by atoms with Crippen LogP contribution in [0.15, 0.2) is 303 Å². The Kier molecular flexibility index (Phi) is 29.1. The molecule has 0 aliphatic heterocycles. The number of ketones is 5. The predicted octanol–water partition coefficient (Wildman–Crippen LogP) is 10.4. The van der Waals surface area contributed by atoms with Crippen LogP contribution in [-0.4, -0.2) is 192 Å². The Morgan fingerprint density at radius 3 is 1.13 bits per heavy atom. The maximum Gasteiger partial charge on any atom is 0.207 e. The molecule has 0 saturated carbocycles. The summed E-state index contributed by atoms with van der Waals surface area (Å²) < 4.78 is 12.7. The van der Waals surface area contributed by atoms with Crippen LogP contribution in [0.2, 0.25) is 0 Å². The monoisotopic (exact) mass is 1700 g/mol. The van der Waals surface area contributed by atoms with E-state index in [0.717, 1.165) is 91.5 Å². The number of nitrogens with two attached hydrogens (primary N) is 5.